The molecule has 1 amide bonds. The molecular weight excluding hydrogens is 536 g/mol. The predicted molar refractivity (Wildman–Crippen MR) is 111 cm³/mol. The van der Waals surface area contributed by atoms with Crippen LogP contribution in [0.25, 0.3) is 0 Å². The Morgan fingerprint density at radius 2 is 1.32 bits per heavy atom. The minimum Gasteiger partial charge on any atom is -0.463 e. The monoisotopic (exact) mass is 559 g/mol. The number of amides is 1. The van der Waals surface area contributed by atoms with Crippen molar-refractivity contribution in [2.75, 3.05) is 6.61 Å². The first-order valence-electron chi connectivity index (χ1n) is 10.7. The summed E-state index contributed by atoms with van der Waals surface area (Å²) in [6, 6.07) is -1.20. The minimum atomic E-state index is -5.19. The summed E-state index contributed by atoms with van der Waals surface area (Å²) in [7, 11) is 0. The summed E-state index contributed by atoms with van der Waals surface area (Å²) < 4.78 is 106. The van der Waals surface area contributed by atoms with E-state index in [0.29, 0.717) is 0 Å². The highest BCUT2D eigenvalue weighted by atomic mass is 19.4. The second-order valence-corrected chi connectivity index (χ2v) is 8.08. The van der Waals surface area contributed by atoms with Gasteiger partial charge in [-0.25, -0.2) is 0 Å². The van der Waals surface area contributed by atoms with Crippen molar-refractivity contribution in [3.63, 3.8) is 0 Å². The molecule has 0 spiro atoms. The average molecular weight is 559 g/mol. The topological polar surface area (TPSA) is 126 Å². The number of esters is 3. The van der Waals surface area contributed by atoms with Gasteiger partial charge in [-0.15, -0.1) is 0 Å². The summed E-state index contributed by atoms with van der Waals surface area (Å²) in [4.78, 5) is 46.8. The second-order valence-electron chi connectivity index (χ2n) is 8.08. The number of carbonyl (C=O) groups is 4. The molecule has 1 fully saturated rings. The van der Waals surface area contributed by atoms with Crippen molar-refractivity contribution >= 4 is 23.8 Å². The summed E-state index contributed by atoms with van der Waals surface area (Å²) in [5.74, 6) is -4.48. The molecule has 1 aliphatic rings. The molecule has 0 radical (unpaired) electrons. The van der Waals surface area contributed by atoms with Crippen molar-refractivity contribution < 1.29 is 69.2 Å². The molecule has 1 N–H and O–H groups in total. The standard InChI is InChI=1S/C22H23F6NO9/c1-9(30)29-17-19(36-12(4)33)18(35-11(3)32)16(8-34-10(2)31)38-20(17)37-15-6-13(21(23,24)25)5-14(7-15)22(26,27)28/h5-7,16-20H,8H2,1-4H3,(H,29,30)/t16-,17+,18-,19+,20-/m1/s1. The molecule has 0 aliphatic carbocycles. The molecule has 1 saturated heterocycles. The molecule has 5 atom stereocenters. The molecule has 0 unspecified atom stereocenters. The largest absolute Gasteiger partial charge is 0.463 e. The van der Waals surface area contributed by atoms with Gasteiger partial charge in [0.25, 0.3) is 0 Å². The molecule has 0 saturated carbocycles. The molecule has 0 aromatic heterocycles. The fraction of sp³-hybridized carbons (Fsp3) is 0.545. The number of hydrogen-bond donors (Lipinski definition) is 1. The normalized spacial score (nSPS) is 23.7. The van der Waals surface area contributed by atoms with Crippen LogP contribution in [-0.2, 0) is 50.5 Å². The number of rotatable bonds is 7. The van der Waals surface area contributed by atoms with Gasteiger partial charge in [-0.1, -0.05) is 0 Å². The van der Waals surface area contributed by atoms with Gasteiger partial charge in [0.2, 0.25) is 12.2 Å². The Morgan fingerprint density at radius 1 is 0.816 bits per heavy atom. The molecule has 1 aliphatic heterocycles. The van der Waals surface area contributed by atoms with Crippen LogP contribution in [0.5, 0.6) is 5.75 Å². The van der Waals surface area contributed by atoms with Crippen molar-refractivity contribution in [1.29, 1.82) is 0 Å². The van der Waals surface area contributed by atoms with Crippen LogP contribution in [0.4, 0.5) is 26.3 Å². The third-order valence-corrected chi connectivity index (χ3v) is 4.88. The number of carbonyl (C=O) groups excluding carboxylic acids is 4. The maximum atomic E-state index is 13.3. The van der Waals surface area contributed by atoms with Gasteiger partial charge in [-0.3, -0.25) is 19.2 Å². The number of nitrogens with one attached hydrogen (secondary N) is 1. The molecule has 10 nitrogen and oxygen atoms in total. The van der Waals surface area contributed by atoms with E-state index in [2.05, 4.69) is 5.32 Å². The Bertz CT molecular complexity index is 1030. The zero-order valence-electron chi connectivity index (χ0n) is 20.3. The smallest absolute Gasteiger partial charge is 0.416 e. The number of ether oxygens (including phenoxy) is 5. The third-order valence-electron chi connectivity index (χ3n) is 4.88. The molecule has 1 heterocycles. The van der Waals surface area contributed by atoms with Crippen LogP contribution in [-0.4, -0.2) is 61.1 Å². The van der Waals surface area contributed by atoms with E-state index in [9.17, 15) is 45.5 Å². The fourth-order valence-electron chi connectivity index (χ4n) is 3.52. The van der Waals surface area contributed by atoms with Crippen LogP contribution in [0.15, 0.2) is 18.2 Å². The Morgan fingerprint density at radius 3 is 1.74 bits per heavy atom. The van der Waals surface area contributed by atoms with Gasteiger partial charge < -0.3 is 29.0 Å². The van der Waals surface area contributed by atoms with Crippen molar-refractivity contribution in [2.24, 2.45) is 0 Å². The maximum absolute atomic E-state index is 13.3. The van der Waals surface area contributed by atoms with E-state index < -0.39 is 90.3 Å². The van der Waals surface area contributed by atoms with Gasteiger partial charge in [-0.05, 0) is 18.2 Å². The minimum absolute atomic E-state index is 0.123. The van der Waals surface area contributed by atoms with Gasteiger partial charge in [0, 0.05) is 27.7 Å². The van der Waals surface area contributed by atoms with Crippen molar-refractivity contribution in [3.8, 4) is 5.75 Å². The number of hydrogen-bond acceptors (Lipinski definition) is 9. The molecule has 2 rings (SSSR count). The molecule has 1 aromatic rings. The highest BCUT2D eigenvalue weighted by Crippen LogP contribution is 2.39. The molecule has 212 valence electrons. The van der Waals surface area contributed by atoms with Crippen molar-refractivity contribution in [3.05, 3.63) is 29.3 Å². The van der Waals surface area contributed by atoms with Crippen LogP contribution in [0, 0.1) is 0 Å². The lowest BCUT2D eigenvalue weighted by Gasteiger charge is -2.44. The predicted octanol–water partition coefficient (Wildman–Crippen LogP) is 2.76. The van der Waals surface area contributed by atoms with Gasteiger partial charge in [0.1, 0.15) is 24.5 Å². The number of benzene rings is 1. The van der Waals surface area contributed by atoms with E-state index in [-0.39, 0.29) is 18.2 Å². The van der Waals surface area contributed by atoms with Crippen LogP contribution < -0.4 is 10.1 Å². The van der Waals surface area contributed by atoms with Crippen LogP contribution in [0.1, 0.15) is 38.8 Å². The lowest BCUT2D eigenvalue weighted by molar-refractivity contribution is -0.257. The Balaban J connectivity index is 2.62. The van der Waals surface area contributed by atoms with E-state index in [4.69, 9.17) is 23.7 Å². The summed E-state index contributed by atoms with van der Waals surface area (Å²) in [5, 5.41) is 2.28. The average Bonchev–Trinajstić information content (AvgIpc) is 2.74. The van der Waals surface area contributed by atoms with Crippen LogP contribution >= 0.6 is 0 Å². The van der Waals surface area contributed by atoms with Gasteiger partial charge in [0.05, 0.1) is 11.1 Å². The lowest BCUT2D eigenvalue weighted by atomic mass is 9.96. The fourth-order valence-corrected chi connectivity index (χ4v) is 3.52. The van der Waals surface area contributed by atoms with E-state index in [1.807, 2.05) is 0 Å². The summed E-state index contributed by atoms with van der Waals surface area (Å²) >= 11 is 0. The SMILES string of the molecule is CC(=O)N[C@@H]1[C@H](Oc2cc(C(F)(F)F)cc(C(F)(F)F)c2)O[C@H](COC(C)=O)[C@@H](OC(C)=O)[C@H]1OC(C)=O. The molecule has 1 aromatic carbocycles. The van der Waals surface area contributed by atoms with Crippen molar-refractivity contribution in [1.82, 2.24) is 5.32 Å². The highest BCUT2D eigenvalue weighted by Gasteiger charge is 2.52. The Hall–Kier alpha value is -3.56. The van der Waals surface area contributed by atoms with E-state index in [1.54, 1.807) is 0 Å². The zero-order chi connectivity index (χ0) is 29.0. The first-order valence-corrected chi connectivity index (χ1v) is 10.7. The third kappa shape index (κ3) is 8.49. The highest BCUT2D eigenvalue weighted by molar-refractivity contribution is 5.73. The summed E-state index contributed by atoms with van der Waals surface area (Å²) in [5.41, 5.74) is -3.39. The van der Waals surface area contributed by atoms with E-state index in [1.165, 1.54) is 0 Å². The maximum Gasteiger partial charge on any atom is 0.416 e. The number of alkyl halides is 6. The van der Waals surface area contributed by atoms with Gasteiger partial charge >= 0.3 is 30.3 Å². The molecular formula is C22H23F6NO9. The lowest BCUT2D eigenvalue weighted by Crippen LogP contribution is -2.67. The summed E-state index contributed by atoms with van der Waals surface area (Å²) in [6.07, 6.45) is -17.0. The molecule has 16 heteroatoms. The Kier molecular flexibility index (Phi) is 9.58. The number of halogens is 6. The zero-order valence-corrected chi connectivity index (χ0v) is 20.3. The van der Waals surface area contributed by atoms with Gasteiger partial charge in [0.15, 0.2) is 12.2 Å². The van der Waals surface area contributed by atoms with E-state index in [0.717, 1.165) is 27.7 Å². The summed E-state index contributed by atoms with van der Waals surface area (Å²) in [6.45, 7) is 3.28. The van der Waals surface area contributed by atoms with E-state index >= 15 is 0 Å². The van der Waals surface area contributed by atoms with Crippen LogP contribution in [0.2, 0.25) is 0 Å². The first kappa shape index (κ1) is 30.7. The second kappa shape index (κ2) is 11.9. The molecule has 38 heavy (non-hydrogen) atoms. The Labute approximate surface area is 211 Å². The quantitative estimate of drug-likeness (QED) is 0.305. The molecule has 0 bridgehead atoms. The van der Waals surface area contributed by atoms with Crippen LogP contribution in [0.3, 0.4) is 0 Å². The van der Waals surface area contributed by atoms with Crippen molar-refractivity contribution in [2.45, 2.75) is 70.7 Å². The first-order chi connectivity index (χ1) is 17.4. The van der Waals surface area contributed by atoms with Gasteiger partial charge in [-0.2, -0.15) is 26.3 Å².